The average Bonchev–Trinajstić information content (AvgIpc) is 3.32. The van der Waals surface area contributed by atoms with Crippen LogP contribution >= 0.6 is 0 Å². The molecule has 2 aliphatic rings. The summed E-state index contributed by atoms with van der Waals surface area (Å²) in [7, 11) is 0. The van der Waals surface area contributed by atoms with Crippen LogP contribution in [0.15, 0.2) is 36.8 Å². The molecule has 5 heterocycles. The maximum absolute atomic E-state index is 9.58. The lowest BCUT2D eigenvalue weighted by molar-refractivity contribution is 0.106. The molecule has 2 aliphatic heterocycles. The Morgan fingerprint density at radius 1 is 1.06 bits per heavy atom. The van der Waals surface area contributed by atoms with Crippen LogP contribution in [0.1, 0.15) is 32.3 Å². The van der Waals surface area contributed by atoms with Crippen molar-refractivity contribution in [1.82, 2.24) is 24.4 Å². The van der Waals surface area contributed by atoms with E-state index in [0.717, 1.165) is 87.7 Å². The van der Waals surface area contributed by atoms with Gasteiger partial charge < -0.3 is 20.3 Å². The molecule has 0 radical (unpaired) electrons. The summed E-state index contributed by atoms with van der Waals surface area (Å²) in [5.74, 6) is 1.67. The van der Waals surface area contributed by atoms with Gasteiger partial charge in [0.15, 0.2) is 0 Å². The summed E-state index contributed by atoms with van der Waals surface area (Å²) < 4.78 is 7.44. The van der Waals surface area contributed by atoms with Gasteiger partial charge >= 0.3 is 0 Å². The minimum absolute atomic E-state index is 0.133. The fourth-order valence-electron chi connectivity index (χ4n) is 5.43. The largest absolute Gasteiger partial charge is 0.492 e. The number of likely N-dealkylation sites (N-methyl/N-ethyl adjacent to an activating group) is 1. The number of rotatable bonds is 7. The fourth-order valence-corrected chi connectivity index (χ4v) is 5.43. The number of piperidine rings is 1. The molecular weight excluding hydrogens is 452 g/mol. The number of piperazine rings is 1. The molecule has 0 saturated carbocycles. The molecule has 2 saturated heterocycles. The van der Waals surface area contributed by atoms with Crippen LogP contribution in [-0.4, -0.2) is 88.9 Å². The van der Waals surface area contributed by atoms with Gasteiger partial charge in [0.2, 0.25) is 0 Å². The summed E-state index contributed by atoms with van der Waals surface area (Å²) >= 11 is 0. The number of ether oxygens (including phenoxy) is 1. The molecule has 0 atom stereocenters. The molecule has 0 amide bonds. The number of pyridine rings is 2. The summed E-state index contributed by atoms with van der Waals surface area (Å²) in [6.45, 7) is 13.2. The molecule has 9 nitrogen and oxygen atoms in total. The number of nitrogens with two attached hydrogens (primary N) is 1. The van der Waals surface area contributed by atoms with E-state index in [4.69, 9.17) is 15.5 Å². The molecule has 5 rings (SSSR count). The minimum Gasteiger partial charge on any atom is -0.492 e. The third kappa shape index (κ3) is 5.03. The van der Waals surface area contributed by atoms with Crippen molar-refractivity contribution in [2.75, 3.05) is 63.9 Å². The second-order valence-electron chi connectivity index (χ2n) is 9.95. The van der Waals surface area contributed by atoms with Crippen LogP contribution in [0.4, 0.5) is 5.82 Å². The van der Waals surface area contributed by atoms with Crippen molar-refractivity contribution in [3.8, 4) is 22.9 Å². The third-order valence-electron chi connectivity index (χ3n) is 7.61. The molecule has 36 heavy (non-hydrogen) atoms. The van der Waals surface area contributed by atoms with E-state index in [0.29, 0.717) is 17.9 Å². The SMILES string of the molecule is CCOc1cc(-c2ccc(N3CCC(N)(CN4CCN(CC)CC4)CC3)nc2)c2c(C#N)cnn2c1. The molecule has 0 unspecified atom stereocenters. The van der Waals surface area contributed by atoms with Gasteiger partial charge in [0.05, 0.1) is 30.1 Å². The number of anilines is 1. The first-order chi connectivity index (χ1) is 17.5. The number of hydrogen-bond acceptors (Lipinski definition) is 8. The van der Waals surface area contributed by atoms with Gasteiger partial charge in [0.1, 0.15) is 17.6 Å². The van der Waals surface area contributed by atoms with E-state index in [-0.39, 0.29) is 5.54 Å². The van der Waals surface area contributed by atoms with E-state index < -0.39 is 0 Å². The van der Waals surface area contributed by atoms with Crippen LogP contribution in [0, 0.1) is 11.3 Å². The second-order valence-corrected chi connectivity index (χ2v) is 9.95. The molecule has 2 N–H and O–H groups in total. The van der Waals surface area contributed by atoms with Crippen molar-refractivity contribution < 1.29 is 4.74 Å². The Morgan fingerprint density at radius 3 is 2.44 bits per heavy atom. The molecule has 0 spiro atoms. The number of hydrogen-bond donors (Lipinski definition) is 1. The quantitative estimate of drug-likeness (QED) is 0.542. The van der Waals surface area contributed by atoms with Crippen molar-refractivity contribution in [2.24, 2.45) is 5.73 Å². The van der Waals surface area contributed by atoms with Crippen molar-refractivity contribution in [3.63, 3.8) is 0 Å². The smallest absolute Gasteiger partial charge is 0.138 e. The summed E-state index contributed by atoms with van der Waals surface area (Å²) in [5.41, 5.74) is 9.84. The third-order valence-corrected chi connectivity index (χ3v) is 7.61. The number of fused-ring (bicyclic) bond motifs is 1. The molecule has 2 fully saturated rings. The molecular formula is C27H36N8O. The number of nitriles is 1. The van der Waals surface area contributed by atoms with Crippen LogP contribution in [-0.2, 0) is 0 Å². The van der Waals surface area contributed by atoms with Crippen LogP contribution in [0.2, 0.25) is 0 Å². The van der Waals surface area contributed by atoms with Gasteiger partial charge in [-0.25, -0.2) is 9.50 Å². The molecule has 0 aliphatic carbocycles. The van der Waals surface area contributed by atoms with Crippen molar-refractivity contribution in [2.45, 2.75) is 32.2 Å². The van der Waals surface area contributed by atoms with Gasteiger partial charge in [0.25, 0.3) is 0 Å². The predicted molar refractivity (Wildman–Crippen MR) is 141 cm³/mol. The minimum atomic E-state index is -0.133. The highest BCUT2D eigenvalue weighted by molar-refractivity contribution is 5.85. The molecule has 3 aromatic rings. The number of aromatic nitrogens is 3. The molecule has 3 aromatic heterocycles. The van der Waals surface area contributed by atoms with Gasteiger partial charge in [-0.05, 0) is 44.5 Å². The van der Waals surface area contributed by atoms with Gasteiger partial charge in [-0.2, -0.15) is 10.4 Å². The Kier molecular flexibility index (Phi) is 7.10. The maximum Gasteiger partial charge on any atom is 0.138 e. The van der Waals surface area contributed by atoms with Crippen molar-refractivity contribution >= 4 is 11.3 Å². The normalized spacial score (nSPS) is 18.9. The summed E-state index contributed by atoms with van der Waals surface area (Å²) in [6.07, 6.45) is 7.20. The van der Waals surface area contributed by atoms with Crippen molar-refractivity contribution in [1.29, 1.82) is 5.26 Å². The van der Waals surface area contributed by atoms with E-state index in [2.05, 4.69) is 44.9 Å². The first-order valence-electron chi connectivity index (χ1n) is 13.0. The molecule has 190 valence electrons. The predicted octanol–water partition coefficient (Wildman–Crippen LogP) is 2.60. The van der Waals surface area contributed by atoms with Gasteiger partial charge in [0, 0.05) is 68.7 Å². The summed E-state index contributed by atoms with van der Waals surface area (Å²) in [4.78, 5) is 12.2. The zero-order chi connectivity index (χ0) is 25.1. The Balaban J connectivity index is 1.27. The highest BCUT2D eigenvalue weighted by atomic mass is 16.5. The first kappa shape index (κ1) is 24.5. The van der Waals surface area contributed by atoms with E-state index >= 15 is 0 Å². The van der Waals surface area contributed by atoms with Crippen LogP contribution in [0.25, 0.3) is 16.6 Å². The van der Waals surface area contributed by atoms with Crippen molar-refractivity contribution in [3.05, 3.63) is 42.4 Å². The molecule has 0 aromatic carbocycles. The van der Waals surface area contributed by atoms with E-state index in [1.165, 1.54) is 0 Å². The first-order valence-corrected chi connectivity index (χ1v) is 13.0. The van der Waals surface area contributed by atoms with E-state index in [1.807, 2.05) is 25.4 Å². The van der Waals surface area contributed by atoms with E-state index in [1.54, 1.807) is 10.7 Å². The molecule has 0 bridgehead atoms. The average molecular weight is 489 g/mol. The fraction of sp³-hybridized carbons (Fsp3) is 0.519. The van der Waals surface area contributed by atoms with Gasteiger partial charge in [-0.15, -0.1) is 0 Å². The Bertz CT molecular complexity index is 1220. The zero-order valence-corrected chi connectivity index (χ0v) is 21.4. The van der Waals surface area contributed by atoms with Crippen LogP contribution < -0.4 is 15.4 Å². The number of nitrogens with zero attached hydrogens (tertiary/aromatic N) is 7. The standard InChI is InChI=1S/C27H36N8O/c1-3-32-11-13-33(14-12-32)20-27(29)7-9-34(10-8-27)25-6-5-21(17-30-25)24-15-23(36-4-2)19-35-26(24)22(16-28)18-31-35/h5-6,15,17-19H,3-4,7-14,20,29H2,1-2H3. The highest BCUT2D eigenvalue weighted by Crippen LogP contribution is 2.32. The Labute approximate surface area is 213 Å². The van der Waals surface area contributed by atoms with Gasteiger partial charge in [-0.3, -0.25) is 4.90 Å². The second kappa shape index (κ2) is 10.4. The van der Waals surface area contributed by atoms with Crippen LogP contribution in [0.5, 0.6) is 5.75 Å². The lowest BCUT2D eigenvalue weighted by Gasteiger charge is -2.44. The maximum atomic E-state index is 9.58. The van der Waals surface area contributed by atoms with Gasteiger partial charge in [-0.1, -0.05) is 6.92 Å². The summed E-state index contributed by atoms with van der Waals surface area (Å²) in [6, 6.07) is 8.34. The topological polar surface area (TPSA) is 99.0 Å². The van der Waals surface area contributed by atoms with E-state index in [9.17, 15) is 5.26 Å². The lowest BCUT2D eigenvalue weighted by Crippen LogP contribution is -2.59. The zero-order valence-electron chi connectivity index (χ0n) is 21.4. The Morgan fingerprint density at radius 2 is 1.81 bits per heavy atom. The monoisotopic (exact) mass is 488 g/mol. The molecule has 9 heteroatoms. The van der Waals surface area contributed by atoms with Crippen LogP contribution in [0.3, 0.4) is 0 Å². The summed E-state index contributed by atoms with van der Waals surface area (Å²) in [5, 5.41) is 13.9. The highest BCUT2D eigenvalue weighted by Gasteiger charge is 2.33. The lowest BCUT2D eigenvalue weighted by atomic mass is 9.87. The Hall–Kier alpha value is -3.19.